The summed E-state index contributed by atoms with van der Waals surface area (Å²) in [5.41, 5.74) is 0.0180. The van der Waals surface area contributed by atoms with Gasteiger partial charge in [-0.2, -0.15) is 5.10 Å². The van der Waals surface area contributed by atoms with Crippen LogP contribution in [0.4, 0.5) is 15.0 Å². The quantitative estimate of drug-likeness (QED) is 0.777. The molecule has 0 spiro atoms. The Kier molecular flexibility index (Phi) is 3.87. The van der Waals surface area contributed by atoms with Gasteiger partial charge >= 0.3 is 6.03 Å². The molecule has 0 radical (unpaired) electrons. The monoisotopic (exact) mass is 262 g/mol. The molecule has 1 aromatic carbocycles. The van der Waals surface area contributed by atoms with Gasteiger partial charge < -0.3 is 5.32 Å². The van der Waals surface area contributed by atoms with Crippen LogP contribution >= 0.6 is 0 Å². The molecule has 19 heavy (non-hydrogen) atoms. The smallest absolute Gasteiger partial charge is 0.320 e. The van der Waals surface area contributed by atoms with E-state index in [0.717, 1.165) is 0 Å². The Morgan fingerprint density at radius 3 is 2.74 bits per heavy atom. The van der Waals surface area contributed by atoms with Crippen LogP contribution in [0.2, 0.25) is 0 Å². The summed E-state index contributed by atoms with van der Waals surface area (Å²) >= 11 is 0. The SMILES string of the molecule is O=C(NCc1ccccc1F)Nc1ccc(=O)[nH]n1. The summed E-state index contributed by atoms with van der Waals surface area (Å²) in [4.78, 5) is 22.3. The van der Waals surface area contributed by atoms with E-state index in [-0.39, 0.29) is 23.7 Å². The van der Waals surface area contributed by atoms with Gasteiger partial charge in [0.15, 0.2) is 5.82 Å². The molecule has 0 saturated heterocycles. The van der Waals surface area contributed by atoms with E-state index in [2.05, 4.69) is 20.8 Å². The highest BCUT2D eigenvalue weighted by Crippen LogP contribution is 2.05. The highest BCUT2D eigenvalue weighted by Gasteiger charge is 2.05. The molecule has 2 aromatic rings. The molecule has 7 heteroatoms. The first-order chi connectivity index (χ1) is 9.15. The summed E-state index contributed by atoms with van der Waals surface area (Å²) in [6.45, 7) is 0.0574. The average molecular weight is 262 g/mol. The van der Waals surface area contributed by atoms with Crippen LogP contribution in [0.15, 0.2) is 41.2 Å². The van der Waals surface area contributed by atoms with Gasteiger partial charge in [-0.1, -0.05) is 18.2 Å². The molecule has 0 aliphatic heterocycles. The molecule has 1 heterocycles. The molecule has 3 N–H and O–H groups in total. The Morgan fingerprint density at radius 1 is 1.26 bits per heavy atom. The summed E-state index contributed by atoms with van der Waals surface area (Å²) in [6.07, 6.45) is 0. The number of anilines is 1. The van der Waals surface area contributed by atoms with Crippen molar-refractivity contribution in [3.63, 3.8) is 0 Å². The summed E-state index contributed by atoms with van der Waals surface area (Å²) < 4.78 is 13.3. The molecule has 0 aliphatic rings. The minimum Gasteiger partial charge on any atom is -0.334 e. The van der Waals surface area contributed by atoms with Crippen molar-refractivity contribution in [2.24, 2.45) is 0 Å². The van der Waals surface area contributed by atoms with Crippen molar-refractivity contribution >= 4 is 11.8 Å². The molecule has 2 rings (SSSR count). The third-order valence-electron chi connectivity index (χ3n) is 2.32. The molecule has 0 bridgehead atoms. The summed E-state index contributed by atoms with van der Waals surface area (Å²) in [7, 11) is 0. The lowest BCUT2D eigenvalue weighted by molar-refractivity contribution is 0.251. The van der Waals surface area contributed by atoms with Crippen LogP contribution in [0.3, 0.4) is 0 Å². The van der Waals surface area contributed by atoms with E-state index in [9.17, 15) is 14.0 Å². The predicted octanol–water partition coefficient (Wildman–Crippen LogP) is 1.23. The molecule has 0 atom stereocenters. The molecular weight excluding hydrogens is 251 g/mol. The van der Waals surface area contributed by atoms with Gasteiger partial charge in [0, 0.05) is 18.2 Å². The molecule has 1 aromatic heterocycles. The van der Waals surface area contributed by atoms with E-state index in [1.54, 1.807) is 18.2 Å². The lowest BCUT2D eigenvalue weighted by atomic mass is 10.2. The molecule has 2 amide bonds. The molecule has 0 saturated carbocycles. The predicted molar refractivity (Wildman–Crippen MR) is 67.1 cm³/mol. The molecule has 0 unspecified atom stereocenters. The second-order valence-corrected chi connectivity index (χ2v) is 3.71. The molecule has 6 nitrogen and oxygen atoms in total. The summed E-state index contributed by atoms with van der Waals surface area (Å²) in [6, 6.07) is 8.21. The van der Waals surface area contributed by atoms with Crippen LogP contribution in [0.1, 0.15) is 5.56 Å². The van der Waals surface area contributed by atoms with Gasteiger partial charge in [0.25, 0.3) is 5.56 Å². The standard InChI is InChI=1S/C12H11FN4O2/c13-9-4-2-1-3-8(9)7-14-12(19)15-10-5-6-11(18)17-16-10/h1-6H,7H2,(H,17,18)(H2,14,15,16,19). The van der Waals surface area contributed by atoms with Gasteiger partial charge in [-0.05, 0) is 12.1 Å². The zero-order chi connectivity index (χ0) is 13.7. The molecule has 0 aliphatic carbocycles. The van der Waals surface area contributed by atoms with Crippen LogP contribution in [-0.4, -0.2) is 16.2 Å². The second-order valence-electron chi connectivity index (χ2n) is 3.71. The highest BCUT2D eigenvalue weighted by atomic mass is 19.1. The number of nitrogens with one attached hydrogen (secondary N) is 3. The van der Waals surface area contributed by atoms with Crippen LogP contribution in [-0.2, 0) is 6.54 Å². The normalized spacial score (nSPS) is 9.95. The fourth-order valence-corrected chi connectivity index (χ4v) is 1.39. The van der Waals surface area contributed by atoms with E-state index in [4.69, 9.17) is 0 Å². The topological polar surface area (TPSA) is 86.9 Å². The maximum absolute atomic E-state index is 13.3. The van der Waals surface area contributed by atoms with Crippen LogP contribution in [0.5, 0.6) is 0 Å². The Hall–Kier alpha value is -2.70. The lowest BCUT2D eigenvalue weighted by Crippen LogP contribution is -2.29. The van der Waals surface area contributed by atoms with E-state index >= 15 is 0 Å². The number of rotatable bonds is 3. The number of aromatic nitrogens is 2. The van der Waals surface area contributed by atoms with Gasteiger partial charge in [0.1, 0.15) is 5.82 Å². The fourth-order valence-electron chi connectivity index (χ4n) is 1.39. The average Bonchev–Trinajstić information content (AvgIpc) is 2.40. The number of hydrogen-bond acceptors (Lipinski definition) is 3. The van der Waals surface area contributed by atoms with Gasteiger partial charge in [-0.3, -0.25) is 10.1 Å². The molecule has 98 valence electrons. The number of hydrogen-bond donors (Lipinski definition) is 3. The van der Waals surface area contributed by atoms with Crippen molar-refractivity contribution in [1.29, 1.82) is 0 Å². The maximum Gasteiger partial charge on any atom is 0.320 e. The Bertz CT molecular complexity index is 621. The number of aromatic amines is 1. The Morgan fingerprint density at radius 2 is 2.05 bits per heavy atom. The number of nitrogens with zero attached hydrogens (tertiary/aromatic N) is 1. The minimum absolute atomic E-state index is 0.0574. The van der Waals surface area contributed by atoms with Gasteiger partial charge in [0.05, 0.1) is 0 Å². The number of urea groups is 1. The van der Waals surface area contributed by atoms with Gasteiger partial charge in [0.2, 0.25) is 0 Å². The number of benzene rings is 1. The number of amides is 2. The zero-order valence-electron chi connectivity index (χ0n) is 9.81. The van der Waals surface area contributed by atoms with E-state index in [1.807, 2.05) is 0 Å². The Balaban J connectivity index is 1.90. The van der Waals surface area contributed by atoms with E-state index in [1.165, 1.54) is 18.2 Å². The maximum atomic E-state index is 13.3. The third-order valence-corrected chi connectivity index (χ3v) is 2.32. The van der Waals surface area contributed by atoms with Crippen molar-refractivity contribution in [2.45, 2.75) is 6.54 Å². The number of carbonyl (C=O) groups is 1. The van der Waals surface area contributed by atoms with Crippen LogP contribution in [0, 0.1) is 5.82 Å². The van der Waals surface area contributed by atoms with E-state index < -0.39 is 6.03 Å². The third kappa shape index (κ3) is 3.63. The van der Waals surface area contributed by atoms with Crippen LogP contribution < -0.4 is 16.2 Å². The van der Waals surface area contributed by atoms with Crippen molar-refractivity contribution in [3.8, 4) is 0 Å². The zero-order valence-corrected chi connectivity index (χ0v) is 9.81. The first kappa shape index (κ1) is 12.7. The van der Waals surface area contributed by atoms with Crippen LogP contribution in [0.25, 0.3) is 0 Å². The summed E-state index contributed by atoms with van der Waals surface area (Å²) in [5, 5.41) is 10.7. The first-order valence-corrected chi connectivity index (χ1v) is 5.49. The molecule has 0 fully saturated rings. The van der Waals surface area contributed by atoms with Gasteiger partial charge in [-0.15, -0.1) is 0 Å². The molecular formula is C12H11FN4O2. The number of halogens is 1. The fraction of sp³-hybridized carbons (Fsp3) is 0.0833. The Labute approximate surface area is 107 Å². The van der Waals surface area contributed by atoms with E-state index in [0.29, 0.717) is 5.56 Å². The number of H-pyrrole nitrogens is 1. The van der Waals surface area contributed by atoms with Crippen molar-refractivity contribution < 1.29 is 9.18 Å². The first-order valence-electron chi connectivity index (χ1n) is 5.49. The summed E-state index contributed by atoms with van der Waals surface area (Å²) in [5.74, 6) is -0.185. The lowest BCUT2D eigenvalue weighted by Gasteiger charge is -2.07. The minimum atomic E-state index is -0.539. The van der Waals surface area contributed by atoms with Crippen molar-refractivity contribution in [1.82, 2.24) is 15.5 Å². The largest absolute Gasteiger partial charge is 0.334 e. The highest BCUT2D eigenvalue weighted by molar-refractivity contribution is 5.87. The van der Waals surface area contributed by atoms with Gasteiger partial charge in [-0.25, -0.2) is 14.3 Å². The number of carbonyl (C=O) groups excluding carboxylic acids is 1. The van der Waals surface area contributed by atoms with Crippen molar-refractivity contribution in [2.75, 3.05) is 5.32 Å². The second kappa shape index (κ2) is 5.76. The van der Waals surface area contributed by atoms with Crippen molar-refractivity contribution in [3.05, 3.63) is 58.1 Å².